The molecule has 202 valence electrons. The molecule has 1 aliphatic rings. The van der Waals surface area contributed by atoms with Gasteiger partial charge in [-0.25, -0.2) is 13.1 Å². The van der Waals surface area contributed by atoms with Crippen LogP contribution >= 0.6 is 15.9 Å². The molecule has 0 atom stereocenters. The van der Waals surface area contributed by atoms with Gasteiger partial charge in [0.25, 0.3) is 5.91 Å². The van der Waals surface area contributed by atoms with Gasteiger partial charge in [-0.15, -0.1) is 0 Å². The molecule has 4 rings (SSSR count). The number of esters is 1. The molecule has 3 aromatic carbocycles. The fourth-order valence-corrected chi connectivity index (χ4v) is 5.80. The van der Waals surface area contributed by atoms with Gasteiger partial charge in [-0.1, -0.05) is 52.3 Å². The fourth-order valence-electron chi connectivity index (χ4n) is 4.40. The molecule has 1 heterocycles. The van der Waals surface area contributed by atoms with Crippen molar-refractivity contribution < 1.29 is 27.5 Å². The zero-order valence-electron chi connectivity index (χ0n) is 21.4. The number of nitrogens with one attached hydrogen (secondary N) is 1. The Morgan fingerprint density at radius 3 is 2.33 bits per heavy atom. The number of ether oxygens (including phenoxy) is 1. The summed E-state index contributed by atoms with van der Waals surface area (Å²) in [7, 11) is -3.90. The number of nitrogens with zero attached hydrogens (tertiary/aromatic N) is 1. The highest BCUT2D eigenvalue weighted by atomic mass is 79.9. The Morgan fingerprint density at radius 2 is 1.69 bits per heavy atom. The average Bonchev–Trinajstić information content (AvgIpc) is 2.92. The lowest BCUT2D eigenvalue weighted by molar-refractivity contribution is -0.142. The monoisotopic (exact) mass is 610 g/mol. The van der Waals surface area contributed by atoms with E-state index in [4.69, 9.17) is 4.74 Å². The predicted octanol–water partition coefficient (Wildman–Crippen LogP) is 4.69. The molecule has 1 amide bonds. The molecule has 0 aliphatic carbocycles. The van der Waals surface area contributed by atoms with Crippen molar-refractivity contribution in [3.8, 4) is 0 Å². The number of halogens is 1. The number of hydrogen-bond donors (Lipinski definition) is 1. The molecule has 0 unspecified atom stereocenters. The van der Waals surface area contributed by atoms with Crippen LogP contribution in [-0.4, -0.2) is 44.1 Å². The molecule has 1 N–H and O–H groups in total. The summed E-state index contributed by atoms with van der Waals surface area (Å²) in [5.41, 5.74) is 3.70. The summed E-state index contributed by atoms with van der Waals surface area (Å²) in [6.45, 7) is 3.39. The van der Waals surface area contributed by atoms with Crippen molar-refractivity contribution in [3.63, 3.8) is 0 Å². The highest BCUT2D eigenvalue weighted by molar-refractivity contribution is 9.10. The van der Waals surface area contributed by atoms with E-state index < -0.39 is 21.9 Å². The van der Waals surface area contributed by atoms with E-state index in [0.717, 1.165) is 21.2 Å². The Bertz CT molecular complexity index is 1550. The molecule has 0 aromatic heterocycles. The molecular weight excluding hydrogens is 584 g/mol. The first kappa shape index (κ1) is 28.4. The van der Waals surface area contributed by atoms with Crippen LogP contribution in [0, 0.1) is 0 Å². The predicted molar refractivity (Wildman–Crippen MR) is 150 cm³/mol. The van der Waals surface area contributed by atoms with E-state index >= 15 is 0 Å². The Hall–Kier alpha value is -3.60. The second-order valence-electron chi connectivity index (χ2n) is 8.82. The number of fused-ring (bicyclic) bond motifs is 1. The summed E-state index contributed by atoms with van der Waals surface area (Å²) in [5.74, 6) is -1.19. The second kappa shape index (κ2) is 12.1. The van der Waals surface area contributed by atoms with Gasteiger partial charge in [0.2, 0.25) is 10.0 Å². The zero-order valence-corrected chi connectivity index (χ0v) is 23.8. The Balaban J connectivity index is 1.66. The van der Waals surface area contributed by atoms with Gasteiger partial charge in [-0.05, 0) is 60.0 Å². The molecule has 0 saturated carbocycles. The van der Waals surface area contributed by atoms with Crippen molar-refractivity contribution in [3.05, 3.63) is 105 Å². The summed E-state index contributed by atoms with van der Waals surface area (Å²) in [6, 6.07) is 20.6. The van der Waals surface area contributed by atoms with Crippen LogP contribution in [0.1, 0.15) is 47.3 Å². The van der Waals surface area contributed by atoms with E-state index in [9.17, 15) is 22.8 Å². The number of allylic oxidation sites excluding steroid dienone is 1. The Morgan fingerprint density at radius 1 is 1.00 bits per heavy atom. The van der Waals surface area contributed by atoms with E-state index in [1.54, 1.807) is 6.92 Å². The molecule has 39 heavy (non-hydrogen) atoms. The van der Waals surface area contributed by atoms with Crippen LogP contribution in [0.15, 0.2) is 87.9 Å². The number of Topliss-reactive ketones (excluding diaryl/α,β-unsaturated/α-hetero) is 1. The number of ketones is 1. The lowest BCUT2D eigenvalue weighted by Crippen LogP contribution is -2.36. The average molecular weight is 612 g/mol. The Kier molecular flexibility index (Phi) is 8.79. The van der Waals surface area contributed by atoms with Gasteiger partial charge in [0.15, 0.2) is 5.78 Å². The molecule has 3 aromatic rings. The van der Waals surface area contributed by atoms with Crippen LogP contribution in [0.4, 0.5) is 0 Å². The number of benzene rings is 3. The first-order valence-corrected chi connectivity index (χ1v) is 14.6. The van der Waals surface area contributed by atoms with Crippen LogP contribution in [0.5, 0.6) is 0 Å². The van der Waals surface area contributed by atoms with Gasteiger partial charge in [0.05, 0.1) is 30.2 Å². The molecule has 0 radical (unpaired) electrons. The molecule has 0 spiro atoms. The van der Waals surface area contributed by atoms with Gasteiger partial charge in [-0.3, -0.25) is 19.3 Å². The summed E-state index contributed by atoms with van der Waals surface area (Å²) >= 11 is 3.52. The van der Waals surface area contributed by atoms with E-state index in [1.807, 2.05) is 48.5 Å². The largest absolute Gasteiger partial charge is 0.466 e. The standard InChI is InChI=1S/C29H27BrN2O6S/c1-3-38-26(34)15-16-31-39(36,37)24-13-10-21(11-14-24)29(35)32-18-22-9-12-23(30)17-25(22)27(28(32)19(2)33)20-7-5-4-6-8-20/h4-14,17,31H,3,15-16,18H2,1-2H3. The van der Waals surface area contributed by atoms with Crippen LogP contribution in [0.25, 0.3) is 5.57 Å². The summed E-state index contributed by atoms with van der Waals surface area (Å²) in [4.78, 5) is 39.6. The highest BCUT2D eigenvalue weighted by Crippen LogP contribution is 2.38. The lowest BCUT2D eigenvalue weighted by Gasteiger charge is -2.33. The molecule has 0 saturated heterocycles. The van der Waals surface area contributed by atoms with Crippen LogP contribution in [-0.2, 0) is 30.9 Å². The molecule has 1 aliphatic heterocycles. The SMILES string of the molecule is CCOC(=O)CCNS(=O)(=O)c1ccc(C(=O)N2Cc3ccc(Br)cc3C(c3ccccc3)=C2C(C)=O)cc1. The van der Waals surface area contributed by atoms with Crippen LogP contribution < -0.4 is 4.72 Å². The normalized spacial score (nSPS) is 13.2. The lowest BCUT2D eigenvalue weighted by atomic mass is 9.87. The number of hydrogen-bond acceptors (Lipinski definition) is 6. The van der Waals surface area contributed by atoms with E-state index in [2.05, 4.69) is 20.7 Å². The molecule has 0 bridgehead atoms. The maximum atomic E-state index is 13.8. The number of rotatable bonds is 9. The quantitative estimate of drug-likeness (QED) is 0.352. The minimum absolute atomic E-state index is 0.0518. The van der Waals surface area contributed by atoms with E-state index in [-0.39, 0.29) is 48.1 Å². The number of amides is 1. The molecular formula is C29H27BrN2O6S. The first-order valence-electron chi connectivity index (χ1n) is 12.3. The molecule has 10 heteroatoms. The third-order valence-electron chi connectivity index (χ3n) is 6.16. The van der Waals surface area contributed by atoms with Crippen molar-refractivity contribution in [1.29, 1.82) is 0 Å². The third-order valence-corrected chi connectivity index (χ3v) is 8.13. The minimum Gasteiger partial charge on any atom is -0.466 e. The van der Waals surface area contributed by atoms with Crippen molar-refractivity contribution in [2.75, 3.05) is 13.2 Å². The smallest absolute Gasteiger partial charge is 0.307 e. The van der Waals surface area contributed by atoms with Gasteiger partial charge in [-0.2, -0.15) is 0 Å². The van der Waals surface area contributed by atoms with Gasteiger partial charge < -0.3 is 4.74 Å². The fraction of sp³-hybridized carbons (Fsp3) is 0.207. The Labute approximate surface area is 235 Å². The highest BCUT2D eigenvalue weighted by Gasteiger charge is 2.33. The van der Waals surface area contributed by atoms with Crippen molar-refractivity contribution in [1.82, 2.24) is 9.62 Å². The second-order valence-corrected chi connectivity index (χ2v) is 11.5. The maximum absolute atomic E-state index is 13.8. The summed E-state index contributed by atoms with van der Waals surface area (Å²) in [6.07, 6.45) is -0.0967. The van der Waals surface area contributed by atoms with Crippen LogP contribution in [0.3, 0.4) is 0 Å². The van der Waals surface area contributed by atoms with Gasteiger partial charge in [0, 0.05) is 29.1 Å². The maximum Gasteiger partial charge on any atom is 0.307 e. The van der Waals surface area contributed by atoms with E-state index in [0.29, 0.717) is 5.57 Å². The van der Waals surface area contributed by atoms with Crippen molar-refractivity contribution in [2.24, 2.45) is 0 Å². The minimum atomic E-state index is -3.90. The number of carbonyl (C=O) groups excluding carboxylic acids is 3. The van der Waals surface area contributed by atoms with Crippen LogP contribution in [0.2, 0.25) is 0 Å². The number of sulfonamides is 1. The number of carbonyl (C=O) groups is 3. The van der Waals surface area contributed by atoms with Gasteiger partial charge >= 0.3 is 5.97 Å². The third kappa shape index (κ3) is 6.35. The van der Waals surface area contributed by atoms with E-state index in [1.165, 1.54) is 36.1 Å². The van der Waals surface area contributed by atoms with Gasteiger partial charge in [0.1, 0.15) is 0 Å². The molecule has 8 nitrogen and oxygen atoms in total. The summed E-state index contributed by atoms with van der Waals surface area (Å²) < 4.78 is 33.3. The van der Waals surface area contributed by atoms with Crippen molar-refractivity contribution in [2.45, 2.75) is 31.7 Å². The first-order chi connectivity index (χ1) is 18.6. The van der Waals surface area contributed by atoms with Crippen molar-refractivity contribution >= 4 is 49.2 Å². The molecule has 0 fully saturated rings. The summed E-state index contributed by atoms with van der Waals surface area (Å²) in [5, 5.41) is 0. The topological polar surface area (TPSA) is 110 Å². The zero-order chi connectivity index (χ0) is 28.2.